The number of piperidine rings is 1. The monoisotopic (exact) mass is 645 g/mol. The minimum absolute atomic E-state index is 0.0951. The van der Waals surface area contributed by atoms with Crippen LogP contribution in [0.3, 0.4) is 0 Å². The van der Waals surface area contributed by atoms with Crippen LogP contribution in [0.25, 0.3) is 11.1 Å². The van der Waals surface area contributed by atoms with Gasteiger partial charge < -0.3 is 24.8 Å². The standard InChI is InChI=1S/C38H48ClN3O4/c1-5-44-35-22-36(32(39)21-26(35)23-40-27-13-16-37(43)41-24-27)46-34-15-14-30-29(10-6-11-31(30)34)28-9-7-12-33(25(28)2)45-20-8-18-42-19-17-38(42,3)4/h6-7,9-12,21-22,27,34,40H,5,8,13-20,23-24H2,1-4H3,(H,41,43)/t27-,34-/m0/s1. The van der Waals surface area contributed by atoms with Gasteiger partial charge in [0.25, 0.3) is 0 Å². The predicted molar refractivity (Wildman–Crippen MR) is 184 cm³/mol. The Kier molecular flexibility index (Phi) is 10.1. The van der Waals surface area contributed by atoms with Crippen LogP contribution in [0.15, 0.2) is 48.5 Å². The lowest BCUT2D eigenvalue weighted by Gasteiger charge is -2.48. The first kappa shape index (κ1) is 32.7. The zero-order valence-electron chi connectivity index (χ0n) is 27.7. The molecule has 0 bridgehead atoms. The molecular weight excluding hydrogens is 598 g/mol. The maximum Gasteiger partial charge on any atom is 0.220 e. The maximum absolute atomic E-state index is 11.5. The second-order valence-electron chi connectivity index (χ2n) is 13.4. The van der Waals surface area contributed by atoms with Crippen molar-refractivity contribution in [1.29, 1.82) is 0 Å². The fourth-order valence-electron chi connectivity index (χ4n) is 7.03. The topological polar surface area (TPSA) is 72.1 Å². The molecule has 6 rings (SSSR count). The van der Waals surface area contributed by atoms with Crippen LogP contribution < -0.4 is 24.8 Å². The van der Waals surface area contributed by atoms with Gasteiger partial charge in [0.1, 0.15) is 23.4 Å². The van der Waals surface area contributed by atoms with E-state index < -0.39 is 0 Å². The van der Waals surface area contributed by atoms with Crippen LogP contribution in [0.4, 0.5) is 0 Å². The fourth-order valence-corrected chi connectivity index (χ4v) is 7.26. The van der Waals surface area contributed by atoms with Crippen molar-refractivity contribution in [2.75, 3.05) is 32.8 Å². The average molecular weight is 646 g/mol. The maximum atomic E-state index is 11.5. The van der Waals surface area contributed by atoms with Crippen molar-refractivity contribution < 1.29 is 19.0 Å². The van der Waals surface area contributed by atoms with Crippen molar-refractivity contribution in [3.05, 3.63) is 75.8 Å². The number of amides is 1. The first-order chi connectivity index (χ1) is 22.2. The second kappa shape index (κ2) is 14.2. The Morgan fingerprint density at radius 2 is 1.85 bits per heavy atom. The lowest BCUT2D eigenvalue weighted by atomic mass is 9.89. The quantitative estimate of drug-likeness (QED) is 0.189. The Balaban J connectivity index is 1.14. The van der Waals surface area contributed by atoms with E-state index in [4.69, 9.17) is 25.8 Å². The molecule has 2 fully saturated rings. The zero-order valence-corrected chi connectivity index (χ0v) is 28.5. The molecule has 0 spiro atoms. The van der Waals surface area contributed by atoms with Gasteiger partial charge in [0.05, 0.1) is 18.2 Å². The number of ether oxygens (including phenoxy) is 3. The van der Waals surface area contributed by atoms with Crippen molar-refractivity contribution in [3.8, 4) is 28.4 Å². The van der Waals surface area contributed by atoms with Gasteiger partial charge in [-0.2, -0.15) is 0 Å². The van der Waals surface area contributed by atoms with E-state index in [1.54, 1.807) is 0 Å². The van der Waals surface area contributed by atoms with E-state index in [9.17, 15) is 4.79 Å². The summed E-state index contributed by atoms with van der Waals surface area (Å²) in [4.78, 5) is 14.1. The average Bonchev–Trinajstić information content (AvgIpc) is 3.45. The van der Waals surface area contributed by atoms with Gasteiger partial charge in [0.15, 0.2) is 0 Å². The number of hydrogen-bond acceptors (Lipinski definition) is 6. The summed E-state index contributed by atoms with van der Waals surface area (Å²) in [6.45, 7) is 13.6. The highest BCUT2D eigenvalue weighted by atomic mass is 35.5. The first-order valence-electron chi connectivity index (χ1n) is 16.9. The number of rotatable bonds is 13. The normalized spacial score (nSPS) is 20.5. The summed E-state index contributed by atoms with van der Waals surface area (Å²) in [6, 6.07) is 17.0. The molecule has 7 nitrogen and oxygen atoms in total. The van der Waals surface area contributed by atoms with Crippen LogP contribution in [0.1, 0.15) is 81.2 Å². The Morgan fingerprint density at radius 1 is 1.02 bits per heavy atom. The van der Waals surface area contributed by atoms with Crippen LogP contribution >= 0.6 is 11.6 Å². The molecule has 2 heterocycles. The number of hydrogen-bond donors (Lipinski definition) is 2. The van der Waals surface area contributed by atoms with Crippen molar-refractivity contribution in [2.24, 2.45) is 0 Å². The number of fused-ring (bicyclic) bond motifs is 1. The summed E-state index contributed by atoms with van der Waals surface area (Å²) >= 11 is 6.83. The Labute approximate surface area is 278 Å². The molecule has 0 saturated carbocycles. The molecule has 2 atom stereocenters. The number of nitrogens with one attached hydrogen (secondary N) is 2. The molecule has 46 heavy (non-hydrogen) atoms. The molecule has 0 unspecified atom stereocenters. The van der Waals surface area contributed by atoms with Crippen molar-refractivity contribution in [1.82, 2.24) is 15.5 Å². The van der Waals surface area contributed by atoms with E-state index in [2.05, 4.69) is 72.7 Å². The van der Waals surface area contributed by atoms with Crippen molar-refractivity contribution in [3.63, 3.8) is 0 Å². The van der Waals surface area contributed by atoms with Gasteiger partial charge in [-0.1, -0.05) is 41.9 Å². The third-order valence-electron chi connectivity index (χ3n) is 10.0. The molecule has 3 aromatic rings. The van der Waals surface area contributed by atoms with Gasteiger partial charge >= 0.3 is 0 Å². The summed E-state index contributed by atoms with van der Waals surface area (Å²) in [5, 5.41) is 7.04. The Bertz CT molecular complexity index is 1550. The highest BCUT2D eigenvalue weighted by molar-refractivity contribution is 6.32. The van der Waals surface area contributed by atoms with Crippen LogP contribution in [-0.4, -0.2) is 55.2 Å². The number of halogens is 1. The van der Waals surface area contributed by atoms with Crippen LogP contribution in [-0.2, 0) is 17.8 Å². The van der Waals surface area contributed by atoms with Gasteiger partial charge in [-0.3, -0.25) is 9.69 Å². The lowest BCUT2D eigenvalue weighted by molar-refractivity contribution is -0.122. The summed E-state index contributed by atoms with van der Waals surface area (Å²) in [6.07, 6.45) is 5.39. The Morgan fingerprint density at radius 3 is 2.59 bits per heavy atom. The number of carbonyl (C=O) groups is 1. The van der Waals surface area contributed by atoms with E-state index >= 15 is 0 Å². The molecule has 0 radical (unpaired) electrons. The number of benzene rings is 3. The molecule has 2 saturated heterocycles. The molecular formula is C38H48ClN3O4. The van der Waals surface area contributed by atoms with Gasteiger partial charge in [0.2, 0.25) is 5.91 Å². The van der Waals surface area contributed by atoms with Gasteiger partial charge in [0, 0.05) is 55.8 Å². The van der Waals surface area contributed by atoms with Crippen LogP contribution in [0.5, 0.6) is 17.2 Å². The second-order valence-corrected chi connectivity index (χ2v) is 13.8. The number of likely N-dealkylation sites (tertiary alicyclic amines) is 1. The van der Waals surface area contributed by atoms with Gasteiger partial charge in [-0.05, 0) is 99.7 Å². The zero-order chi connectivity index (χ0) is 32.3. The molecule has 3 aliphatic rings. The third-order valence-corrected chi connectivity index (χ3v) is 10.3. The molecule has 8 heteroatoms. The minimum atomic E-state index is -0.0951. The van der Waals surface area contributed by atoms with Gasteiger partial charge in [-0.15, -0.1) is 0 Å². The van der Waals surface area contributed by atoms with E-state index in [1.165, 1.54) is 40.8 Å². The van der Waals surface area contributed by atoms with Crippen LogP contribution in [0.2, 0.25) is 5.02 Å². The first-order valence-corrected chi connectivity index (χ1v) is 17.3. The Hall–Kier alpha value is -3.26. The predicted octanol–water partition coefficient (Wildman–Crippen LogP) is 7.40. The summed E-state index contributed by atoms with van der Waals surface area (Å²) in [5.74, 6) is 2.47. The van der Waals surface area contributed by atoms with E-state index in [1.807, 2.05) is 19.1 Å². The largest absolute Gasteiger partial charge is 0.493 e. The molecule has 0 aromatic heterocycles. The van der Waals surface area contributed by atoms with Crippen molar-refractivity contribution in [2.45, 2.75) is 90.4 Å². The highest BCUT2D eigenvalue weighted by Gasteiger charge is 2.35. The molecule has 3 aromatic carbocycles. The molecule has 2 N–H and O–H groups in total. The van der Waals surface area contributed by atoms with Crippen molar-refractivity contribution >= 4 is 17.5 Å². The van der Waals surface area contributed by atoms with E-state index in [-0.39, 0.29) is 18.1 Å². The smallest absolute Gasteiger partial charge is 0.220 e. The number of nitrogens with zero attached hydrogens (tertiary/aromatic N) is 1. The van der Waals surface area contributed by atoms with Gasteiger partial charge in [-0.25, -0.2) is 0 Å². The molecule has 1 aliphatic carbocycles. The van der Waals surface area contributed by atoms with Crippen LogP contribution in [0, 0.1) is 6.92 Å². The van der Waals surface area contributed by atoms with E-state index in [0.29, 0.717) is 42.4 Å². The lowest BCUT2D eigenvalue weighted by Crippen LogP contribution is -2.55. The molecule has 2 aliphatic heterocycles. The third kappa shape index (κ3) is 7.17. The highest BCUT2D eigenvalue weighted by Crippen LogP contribution is 2.44. The van der Waals surface area contributed by atoms with E-state index in [0.717, 1.165) is 55.9 Å². The fraction of sp³-hybridized carbons (Fsp3) is 0.500. The SMILES string of the molecule is CCOc1cc(O[C@H]2CCc3c(-c4cccc(OCCCN5CCC5(C)C)c4C)cccc32)c(Cl)cc1CN[C@H]1CCC(=O)NC1. The molecule has 246 valence electrons. The summed E-state index contributed by atoms with van der Waals surface area (Å²) < 4.78 is 19.0. The summed E-state index contributed by atoms with van der Waals surface area (Å²) in [7, 11) is 0. The number of carbonyl (C=O) groups excluding carboxylic acids is 1. The molecule has 1 amide bonds. The summed E-state index contributed by atoms with van der Waals surface area (Å²) in [5.41, 5.74) is 7.48. The minimum Gasteiger partial charge on any atom is -0.493 e.